The lowest BCUT2D eigenvalue weighted by molar-refractivity contribution is -0.123. The van der Waals surface area contributed by atoms with Gasteiger partial charge in [-0.1, -0.05) is 23.7 Å². The number of benzene rings is 1. The number of amides is 1. The van der Waals surface area contributed by atoms with Gasteiger partial charge in [-0.15, -0.1) is 0 Å². The molecule has 2 unspecified atom stereocenters. The average Bonchev–Trinajstić information content (AvgIpc) is 2.47. The zero-order valence-corrected chi connectivity index (χ0v) is 13.0. The Hall–Kier alpha value is -1.14. The number of nitrogens with two attached hydrogens (primary N) is 1. The molecule has 0 radical (unpaired) electrons. The fourth-order valence-corrected chi connectivity index (χ4v) is 2.78. The van der Waals surface area contributed by atoms with Crippen molar-refractivity contribution in [2.45, 2.75) is 19.1 Å². The number of hydrogen-bond donors (Lipinski definition) is 2. The summed E-state index contributed by atoms with van der Waals surface area (Å²) in [6, 6.07) is 7.07. The maximum atomic E-state index is 11.2. The Kier molecular flexibility index (Phi) is 5.58. The fraction of sp³-hybridized carbons (Fsp3) is 0.533. The van der Waals surface area contributed by atoms with Crippen LogP contribution in [0.2, 0.25) is 5.02 Å². The van der Waals surface area contributed by atoms with E-state index in [0.29, 0.717) is 11.6 Å². The smallest absolute Gasteiger partial charge is 0.234 e. The van der Waals surface area contributed by atoms with Crippen LogP contribution in [0, 0.1) is 0 Å². The summed E-state index contributed by atoms with van der Waals surface area (Å²) in [4.78, 5) is 15.5. The largest absolute Gasteiger partial charge is 0.387 e. The normalized spacial score (nSPS) is 20.1. The van der Waals surface area contributed by atoms with Gasteiger partial charge < -0.3 is 10.8 Å². The Morgan fingerprint density at radius 2 is 2.05 bits per heavy atom. The number of rotatable bonds is 5. The van der Waals surface area contributed by atoms with E-state index in [1.807, 2.05) is 19.1 Å². The van der Waals surface area contributed by atoms with Crippen LogP contribution in [-0.4, -0.2) is 59.6 Å². The van der Waals surface area contributed by atoms with Gasteiger partial charge in [0.1, 0.15) is 0 Å². The third-order valence-electron chi connectivity index (χ3n) is 4.03. The second-order valence-corrected chi connectivity index (χ2v) is 5.92. The minimum Gasteiger partial charge on any atom is -0.387 e. The van der Waals surface area contributed by atoms with Crippen molar-refractivity contribution < 1.29 is 9.90 Å². The second kappa shape index (κ2) is 7.22. The summed E-state index contributed by atoms with van der Waals surface area (Å²) < 4.78 is 0. The number of aliphatic hydroxyl groups is 1. The molecule has 0 bridgehead atoms. The van der Waals surface area contributed by atoms with Gasteiger partial charge in [-0.3, -0.25) is 14.6 Å². The van der Waals surface area contributed by atoms with Crippen molar-refractivity contribution in [1.82, 2.24) is 9.80 Å². The lowest BCUT2D eigenvalue weighted by Gasteiger charge is -2.37. The van der Waals surface area contributed by atoms with Crippen molar-refractivity contribution in [2.75, 3.05) is 32.7 Å². The molecular formula is C15H22ClN3O2. The van der Waals surface area contributed by atoms with Gasteiger partial charge in [-0.05, 0) is 24.6 Å². The molecule has 0 spiro atoms. The molecule has 0 aliphatic carbocycles. The van der Waals surface area contributed by atoms with Crippen LogP contribution >= 0.6 is 11.6 Å². The number of halogens is 1. The van der Waals surface area contributed by atoms with E-state index < -0.39 is 6.10 Å². The van der Waals surface area contributed by atoms with Crippen LogP contribution < -0.4 is 5.73 Å². The highest BCUT2D eigenvalue weighted by Gasteiger charge is 2.25. The molecule has 1 aliphatic heterocycles. The van der Waals surface area contributed by atoms with Crippen LogP contribution in [0.3, 0.4) is 0 Å². The van der Waals surface area contributed by atoms with Crippen LogP contribution in [0.15, 0.2) is 24.3 Å². The van der Waals surface area contributed by atoms with Crippen LogP contribution in [-0.2, 0) is 4.79 Å². The Bertz CT molecular complexity index is 490. The van der Waals surface area contributed by atoms with E-state index in [1.54, 1.807) is 12.1 Å². The highest BCUT2D eigenvalue weighted by atomic mass is 35.5. The van der Waals surface area contributed by atoms with Gasteiger partial charge in [-0.2, -0.15) is 0 Å². The minimum absolute atomic E-state index is 0.231. The van der Waals surface area contributed by atoms with Crippen LogP contribution in [0.1, 0.15) is 18.6 Å². The maximum absolute atomic E-state index is 11.2. The molecule has 1 saturated heterocycles. The molecule has 2 rings (SSSR count). The monoisotopic (exact) mass is 311 g/mol. The van der Waals surface area contributed by atoms with Crippen molar-refractivity contribution in [2.24, 2.45) is 5.73 Å². The molecule has 1 amide bonds. The first-order valence-corrected chi connectivity index (χ1v) is 7.54. The topological polar surface area (TPSA) is 69.8 Å². The summed E-state index contributed by atoms with van der Waals surface area (Å²) >= 11 is 5.94. The molecule has 0 aromatic heterocycles. The van der Waals surface area contributed by atoms with E-state index >= 15 is 0 Å². The van der Waals surface area contributed by atoms with Gasteiger partial charge in [0.25, 0.3) is 0 Å². The predicted molar refractivity (Wildman–Crippen MR) is 83.1 cm³/mol. The van der Waals surface area contributed by atoms with Crippen molar-refractivity contribution in [3.63, 3.8) is 0 Å². The van der Waals surface area contributed by atoms with Crippen molar-refractivity contribution in [1.29, 1.82) is 0 Å². The lowest BCUT2D eigenvalue weighted by Crippen LogP contribution is -2.53. The number of nitrogens with zero attached hydrogens (tertiary/aromatic N) is 2. The van der Waals surface area contributed by atoms with Crippen LogP contribution in [0.25, 0.3) is 0 Å². The van der Waals surface area contributed by atoms with E-state index in [2.05, 4.69) is 9.80 Å². The van der Waals surface area contributed by atoms with Gasteiger partial charge >= 0.3 is 0 Å². The Balaban J connectivity index is 1.84. The first-order chi connectivity index (χ1) is 9.97. The first kappa shape index (κ1) is 16.2. The number of primary amides is 1. The number of hydrogen-bond acceptors (Lipinski definition) is 4. The quantitative estimate of drug-likeness (QED) is 0.846. The predicted octanol–water partition coefficient (Wildman–Crippen LogP) is 0.865. The SMILES string of the molecule is CC(C(N)=O)N1CCN(CC(O)c2cccc(Cl)c2)CC1. The zero-order chi connectivity index (χ0) is 15.4. The molecule has 0 saturated carbocycles. The van der Waals surface area contributed by atoms with Gasteiger partial charge in [0, 0.05) is 37.7 Å². The van der Waals surface area contributed by atoms with Crippen molar-refractivity contribution in [3.8, 4) is 0 Å². The molecule has 1 aliphatic rings. The van der Waals surface area contributed by atoms with E-state index in [-0.39, 0.29) is 11.9 Å². The second-order valence-electron chi connectivity index (χ2n) is 5.49. The molecule has 1 fully saturated rings. The van der Waals surface area contributed by atoms with Crippen molar-refractivity contribution >= 4 is 17.5 Å². The maximum Gasteiger partial charge on any atom is 0.234 e. The van der Waals surface area contributed by atoms with Crippen LogP contribution in [0.5, 0.6) is 0 Å². The molecule has 1 aromatic rings. The van der Waals surface area contributed by atoms with Crippen molar-refractivity contribution in [3.05, 3.63) is 34.9 Å². The van der Waals surface area contributed by atoms with E-state index in [0.717, 1.165) is 31.7 Å². The average molecular weight is 312 g/mol. The van der Waals surface area contributed by atoms with E-state index in [9.17, 15) is 9.90 Å². The minimum atomic E-state index is -0.552. The number of piperazine rings is 1. The molecule has 2 atom stereocenters. The molecule has 5 nitrogen and oxygen atoms in total. The molecule has 1 aromatic carbocycles. The number of aliphatic hydroxyl groups excluding tert-OH is 1. The van der Waals surface area contributed by atoms with E-state index in [4.69, 9.17) is 17.3 Å². The standard InChI is InChI=1S/C15H22ClN3O2/c1-11(15(17)21)19-7-5-18(6-8-19)10-14(20)12-3-2-4-13(16)9-12/h2-4,9,11,14,20H,5-8,10H2,1H3,(H2,17,21). The summed E-state index contributed by atoms with van der Waals surface area (Å²) in [5.74, 6) is -0.289. The number of carbonyl (C=O) groups excluding carboxylic acids is 1. The van der Waals surface area contributed by atoms with E-state index in [1.165, 1.54) is 0 Å². The van der Waals surface area contributed by atoms with Gasteiger partial charge in [-0.25, -0.2) is 0 Å². The first-order valence-electron chi connectivity index (χ1n) is 7.16. The summed E-state index contributed by atoms with van der Waals surface area (Å²) in [6.07, 6.45) is -0.552. The molecular weight excluding hydrogens is 290 g/mol. The Labute approximate surface area is 130 Å². The van der Waals surface area contributed by atoms with Crippen LogP contribution in [0.4, 0.5) is 0 Å². The zero-order valence-electron chi connectivity index (χ0n) is 12.2. The molecule has 116 valence electrons. The highest BCUT2D eigenvalue weighted by Crippen LogP contribution is 2.19. The summed E-state index contributed by atoms with van der Waals surface area (Å²) in [5.41, 5.74) is 6.15. The number of β-amino-alcohol motifs (C(OH)–C–C–N with tert-alkyl or cyclic N) is 1. The molecule has 6 heteroatoms. The fourth-order valence-electron chi connectivity index (χ4n) is 2.58. The molecule has 3 N–H and O–H groups in total. The lowest BCUT2D eigenvalue weighted by atomic mass is 10.1. The Morgan fingerprint density at radius 1 is 1.38 bits per heavy atom. The van der Waals surface area contributed by atoms with Gasteiger partial charge in [0.05, 0.1) is 12.1 Å². The molecule has 21 heavy (non-hydrogen) atoms. The number of carbonyl (C=O) groups is 1. The summed E-state index contributed by atoms with van der Waals surface area (Å²) in [5, 5.41) is 10.9. The molecule has 1 heterocycles. The van der Waals surface area contributed by atoms with Gasteiger partial charge in [0.2, 0.25) is 5.91 Å². The third-order valence-corrected chi connectivity index (χ3v) is 4.27. The summed E-state index contributed by atoms with van der Waals surface area (Å²) in [6.45, 7) is 5.60. The summed E-state index contributed by atoms with van der Waals surface area (Å²) in [7, 11) is 0. The highest BCUT2D eigenvalue weighted by molar-refractivity contribution is 6.30. The van der Waals surface area contributed by atoms with Gasteiger partial charge in [0.15, 0.2) is 0 Å². The Morgan fingerprint density at radius 3 is 2.62 bits per heavy atom. The third kappa shape index (κ3) is 4.41.